The van der Waals surface area contributed by atoms with Crippen molar-refractivity contribution in [1.29, 1.82) is 0 Å². The van der Waals surface area contributed by atoms with Crippen molar-refractivity contribution in [2.24, 2.45) is 35.5 Å². The molecule has 4 N–H and O–H groups in total. The fourth-order valence-electron chi connectivity index (χ4n) is 10.4. The lowest BCUT2D eigenvalue weighted by molar-refractivity contribution is -0.137. The first-order valence-corrected chi connectivity index (χ1v) is 21.9. The van der Waals surface area contributed by atoms with Crippen LogP contribution in [0.4, 0.5) is 9.59 Å². The molecule has 5 aromatic rings. The molecule has 14 heteroatoms. The van der Waals surface area contributed by atoms with Gasteiger partial charge in [0.15, 0.2) is 0 Å². The molecule has 14 nitrogen and oxygen atoms in total. The van der Waals surface area contributed by atoms with Gasteiger partial charge in [-0.25, -0.2) is 19.6 Å². The van der Waals surface area contributed by atoms with E-state index in [4.69, 9.17) is 19.4 Å². The molecule has 3 aromatic carbocycles. The van der Waals surface area contributed by atoms with Gasteiger partial charge in [-0.2, -0.15) is 0 Å². The number of nitrogens with one attached hydrogen (secondary N) is 4. The molecule has 4 amide bonds. The Balaban J connectivity index is 0.915. The highest BCUT2D eigenvalue weighted by Gasteiger charge is 2.62. The number of hydrogen-bond donors (Lipinski definition) is 4. The van der Waals surface area contributed by atoms with E-state index in [9.17, 15) is 19.2 Å². The summed E-state index contributed by atoms with van der Waals surface area (Å²) in [5, 5.41) is 7.71. The zero-order valence-corrected chi connectivity index (χ0v) is 36.5. The average molecular weight is 841 g/mol. The van der Waals surface area contributed by atoms with Crippen molar-refractivity contribution in [2.75, 3.05) is 14.2 Å². The third-order valence-corrected chi connectivity index (χ3v) is 14.1. The van der Waals surface area contributed by atoms with E-state index in [2.05, 4.69) is 89.0 Å². The summed E-state index contributed by atoms with van der Waals surface area (Å²) in [7, 11) is 2.61. The van der Waals surface area contributed by atoms with Crippen LogP contribution in [-0.2, 0) is 19.1 Å². The second-order valence-corrected chi connectivity index (χ2v) is 18.5. The van der Waals surface area contributed by atoms with Gasteiger partial charge in [0.2, 0.25) is 11.8 Å². The van der Waals surface area contributed by atoms with Crippen LogP contribution in [0.25, 0.3) is 44.4 Å². The number of nitrogens with zero attached hydrogens (tertiary/aromatic N) is 4. The molecule has 0 bridgehead atoms. The highest BCUT2D eigenvalue weighted by atomic mass is 16.5. The molecule has 2 aliphatic heterocycles. The van der Waals surface area contributed by atoms with Crippen LogP contribution in [0, 0.1) is 35.5 Å². The highest BCUT2D eigenvalue weighted by Crippen LogP contribution is 2.58. The maximum atomic E-state index is 14.0. The summed E-state index contributed by atoms with van der Waals surface area (Å²) < 4.78 is 9.67. The summed E-state index contributed by atoms with van der Waals surface area (Å²) in [6, 6.07) is 19.7. The van der Waals surface area contributed by atoms with Crippen LogP contribution in [0.1, 0.15) is 78.1 Å². The number of carbonyl (C=O) groups is 4. The number of H-pyrrole nitrogens is 2. The Kier molecular flexibility index (Phi) is 10.6. The number of benzene rings is 3. The number of likely N-dealkylation sites (tertiary alicyclic amines) is 2. The van der Waals surface area contributed by atoms with Crippen LogP contribution in [0.5, 0.6) is 0 Å². The van der Waals surface area contributed by atoms with Gasteiger partial charge in [-0.3, -0.25) is 9.59 Å². The Labute approximate surface area is 361 Å². The predicted octanol–water partition coefficient (Wildman–Crippen LogP) is 7.86. The number of fused-ring (bicyclic) bond motifs is 3. The maximum absolute atomic E-state index is 14.0. The molecule has 62 heavy (non-hydrogen) atoms. The summed E-state index contributed by atoms with van der Waals surface area (Å²) in [6.07, 6.45) is 4.11. The van der Waals surface area contributed by atoms with E-state index < -0.39 is 24.3 Å². The van der Waals surface area contributed by atoms with Crippen LogP contribution in [-0.4, -0.2) is 92.1 Å². The van der Waals surface area contributed by atoms with Gasteiger partial charge in [0.05, 0.1) is 50.1 Å². The monoisotopic (exact) mass is 840 g/mol. The van der Waals surface area contributed by atoms with Crippen molar-refractivity contribution >= 4 is 34.8 Å². The van der Waals surface area contributed by atoms with Gasteiger partial charge in [0.1, 0.15) is 23.7 Å². The topological polar surface area (TPSA) is 175 Å². The van der Waals surface area contributed by atoms with Crippen molar-refractivity contribution in [1.82, 2.24) is 40.4 Å². The number of carbonyl (C=O) groups excluding carboxylic acids is 4. The number of amides is 4. The summed E-state index contributed by atoms with van der Waals surface area (Å²) >= 11 is 0. The Morgan fingerprint density at radius 3 is 1.52 bits per heavy atom. The van der Waals surface area contributed by atoms with Crippen molar-refractivity contribution in [3.05, 3.63) is 84.7 Å². The average Bonchev–Trinajstić information content (AvgIpc) is 3.75. The first-order valence-electron chi connectivity index (χ1n) is 21.9. The van der Waals surface area contributed by atoms with Crippen molar-refractivity contribution in [2.45, 2.75) is 90.6 Å². The van der Waals surface area contributed by atoms with Crippen molar-refractivity contribution in [3.63, 3.8) is 0 Å². The second kappa shape index (κ2) is 15.9. The minimum Gasteiger partial charge on any atom is -0.453 e. The molecule has 2 aliphatic carbocycles. The summed E-state index contributed by atoms with van der Waals surface area (Å²) in [5.74, 6) is 2.70. The minimum absolute atomic E-state index is 0.103. The first kappa shape index (κ1) is 41.2. The lowest BCUT2D eigenvalue weighted by atomic mass is 9.98. The molecular weight excluding hydrogens is 785 g/mol. The SMILES string of the molecule is COC(=O)N[C@H](C(=O)N1C2C(C)C2C[C@H]1c1ncc(-c2cccc(-c3ccc4cc(-c5cnc([C@@H]6CC7C(C)C7N6C(=O)[C@@H](NC(=O)OC)C(C)C)[nH]5)ccc4c3)c2)[nH]1)C(C)C. The van der Waals surface area contributed by atoms with E-state index in [1.165, 1.54) is 14.2 Å². The molecule has 9 rings (SSSR count). The largest absolute Gasteiger partial charge is 0.453 e. The maximum Gasteiger partial charge on any atom is 0.407 e. The fourth-order valence-corrected chi connectivity index (χ4v) is 10.4. The number of aromatic amines is 2. The van der Waals surface area contributed by atoms with E-state index in [1.54, 1.807) is 0 Å². The molecule has 4 aliphatic rings. The Bertz CT molecular complexity index is 2550. The Morgan fingerprint density at radius 1 is 0.629 bits per heavy atom. The summed E-state index contributed by atoms with van der Waals surface area (Å²) in [6.45, 7) is 12.1. The standard InChI is InChI=1S/C48H56N8O6/c1-23(2)39(53-47(59)61-7)45(57)55-37(19-33-25(5)41(33)55)43-49-21-35(51-43)31-11-9-10-27(17-31)28-12-13-30-18-32(15-14-29(30)16-28)36-22-50-44(52-36)38-20-34-26(6)42(34)56(38)46(58)40(24(3)4)54-48(60)62-8/h9-18,21-26,33-34,37-42H,19-20H2,1-8H3,(H,49,51)(H,50,52)(H,53,59)(H,54,60)/t25?,26?,33?,34?,37-,38-,39-,40-,41?,42?/m0/s1. The molecule has 2 saturated heterocycles. The highest BCUT2D eigenvalue weighted by molar-refractivity contribution is 5.91. The van der Waals surface area contributed by atoms with Gasteiger partial charge in [-0.05, 0) is 88.4 Å². The van der Waals surface area contributed by atoms with E-state index in [0.29, 0.717) is 23.7 Å². The number of ether oxygens (including phenoxy) is 2. The number of piperidine rings is 2. The van der Waals surface area contributed by atoms with Crippen LogP contribution in [0.15, 0.2) is 73.1 Å². The molecule has 0 radical (unpaired) electrons. The number of imidazole rings is 2. The normalized spacial score (nSPS) is 25.6. The Hall–Kier alpha value is -6.18. The number of rotatable bonds is 11. The summed E-state index contributed by atoms with van der Waals surface area (Å²) in [5.41, 5.74) is 5.87. The van der Waals surface area contributed by atoms with Gasteiger partial charge in [-0.1, -0.05) is 84.0 Å². The van der Waals surface area contributed by atoms with Crippen molar-refractivity contribution in [3.8, 4) is 33.6 Å². The predicted molar refractivity (Wildman–Crippen MR) is 234 cm³/mol. The van der Waals surface area contributed by atoms with Crippen LogP contribution in [0.3, 0.4) is 0 Å². The van der Waals surface area contributed by atoms with Gasteiger partial charge < -0.3 is 39.9 Å². The number of methoxy groups -OCH3 is 2. The zero-order valence-electron chi connectivity index (χ0n) is 36.5. The molecule has 10 atom stereocenters. The van der Waals surface area contributed by atoms with Crippen molar-refractivity contribution < 1.29 is 28.7 Å². The number of aromatic nitrogens is 4. The quantitative estimate of drug-likeness (QED) is 0.104. The van der Waals surface area contributed by atoms with Gasteiger partial charge in [0, 0.05) is 23.2 Å². The zero-order chi connectivity index (χ0) is 43.7. The lowest BCUT2D eigenvalue weighted by Gasteiger charge is -2.32. The smallest absolute Gasteiger partial charge is 0.407 e. The number of hydrogen-bond acceptors (Lipinski definition) is 8. The van der Waals surface area contributed by atoms with E-state index >= 15 is 0 Å². The fraction of sp³-hybridized carbons (Fsp3) is 0.458. The molecular formula is C48H56N8O6. The van der Waals surface area contributed by atoms with Crippen LogP contribution in [0.2, 0.25) is 0 Å². The van der Waals surface area contributed by atoms with E-state index in [0.717, 1.165) is 68.9 Å². The third-order valence-electron chi connectivity index (χ3n) is 14.1. The minimum atomic E-state index is -0.696. The molecule has 2 saturated carbocycles. The molecule has 324 valence electrons. The molecule has 2 aromatic heterocycles. The van der Waals surface area contributed by atoms with Gasteiger partial charge in [0.25, 0.3) is 0 Å². The van der Waals surface area contributed by atoms with Gasteiger partial charge >= 0.3 is 12.2 Å². The third kappa shape index (κ3) is 7.26. The van der Waals surface area contributed by atoms with Gasteiger partial charge in [-0.15, -0.1) is 0 Å². The molecule has 6 unspecified atom stereocenters. The first-order chi connectivity index (χ1) is 29.8. The molecule has 4 fully saturated rings. The molecule has 4 heterocycles. The Morgan fingerprint density at radius 2 is 1.05 bits per heavy atom. The van der Waals surface area contributed by atoms with Crippen LogP contribution >= 0.6 is 0 Å². The number of alkyl carbamates (subject to hydrolysis) is 2. The molecule has 0 spiro atoms. The second-order valence-electron chi connectivity index (χ2n) is 18.5. The van der Waals surface area contributed by atoms with E-state index in [1.807, 2.05) is 56.0 Å². The lowest BCUT2D eigenvalue weighted by Crippen LogP contribution is -2.52. The summed E-state index contributed by atoms with van der Waals surface area (Å²) in [4.78, 5) is 72.9. The van der Waals surface area contributed by atoms with E-state index in [-0.39, 0.29) is 47.8 Å². The van der Waals surface area contributed by atoms with Crippen LogP contribution < -0.4 is 10.6 Å².